The van der Waals surface area contributed by atoms with Gasteiger partial charge in [0.05, 0.1) is 0 Å². The van der Waals surface area contributed by atoms with Gasteiger partial charge in [-0.25, -0.2) is 4.79 Å². The maximum Gasteiger partial charge on any atom is 1.00 e. The van der Waals surface area contributed by atoms with Crippen molar-refractivity contribution in [2.45, 2.75) is 0 Å². The Labute approximate surface area is 97.1 Å². The molecule has 0 aromatic carbocycles. The molecule has 13 nitrogen and oxygen atoms in total. The van der Waals surface area contributed by atoms with E-state index in [4.69, 9.17) is 15.0 Å². The fourth-order valence-corrected chi connectivity index (χ4v) is 0. The summed E-state index contributed by atoms with van der Waals surface area (Å²) >= 11 is 0. The first-order valence-electron chi connectivity index (χ1n) is 0.651. The third kappa shape index (κ3) is 6240. The molecule has 0 heterocycles. The Morgan fingerprint density at radius 1 is 0.600 bits per heavy atom. The smallest absolute Gasteiger partial charge is 1.00 e. The van der Waals surface area contributed by atoms with Crippen molar-refractivity contribution in [3.63, 3.8) is 0 Å². The molecule has 0 spiro atoms. The van der Waals surface area contributed by atoms with Gasteiger partial charge >= 0.3 is 25.0 Å². The van der Waals surface area contributed by atoms with Crippen LogP contribution in [-0.2, 0) is 0 Å². The summed E-state index contributed by atoms with van der Waals surface area (Å²) in [7, 11) is 0. The van der Waals surface area contributed by atoms with E-state index in [-0.39, 0.29) is 75.0 Å². The van der Waals surface area contributed by atoms with Gasteiger partial charge in [0.15, 0.2) is 0 Å². The molecular weight excluding hydrogens is 227 g/mol. The van der Waals surface area contributed by atoms with E-state index >= 15 is 0 Å². The van der Waals surface area contributed by atoms with Gasteiger partial charge in [-0.3, -0.25) is 0 Å². The zero-order valence-corrected chi connectivity index (χ0v) is 7.80. The molecule has 0 aliphatic carbocycles. The van der Waals surface area contributed by atoms with Crippen LogP contribution in [0.15, 0.2) is 0 Å². The van der Waals surface area contributed by atoms with Crippen LogP contribution in [0.25, 0.3) is 0 Å². The zero-order valence-electron chi connectivity index (χ0n) is 8.80. The van der Waals surface area contributed by atoms with Crippen LogP contribution in [0.1, 0.15) is 1.43 Å². The van der Waals surface area contributed by atoms with Crippen molar-refractivity contribution in [3.8, 4) is 0 Å². The molecule has 22 N–H and O–H groups in total. The predicted octanol–water partition coefficient (Wildman–Crippen LogP) is -10.9. The minimum atomic E-state index is -1.83. The van der Waals surface area contributed by atoms with Gasteiger partial charge in [-0.1, -0.05) is 0 Å². The molecule has 14 heteroatoms. The number of carbonyl (C=O) groups is 1. The fraction of sp³-hybridized carbons (Fsp3) is 0. The van der Waals surface area contributed by atoms with E-state index in [1.54, 1.807) is 0 Å². The van der Waals surface area contributed by atoms with Crippen LogP contribution in [-0.4, -0.2) is 71.1 Å². The van der Waals surface area contributed by atoms with Crippen molar-refractivity contribution in [1.82, 2.24) is 0 Å². The van der Waals surface area contributed by atoms with Gasteiger partial charge in [-0.2, -0.15) is 0 Å². The van der Waals surface area contributed by atoms with Crippen LogP contribution in [0.5, 0.6) is 0 Å². The molecule has 0 saturated heterocycles. The molecule has 15 heavy (non-hydrogen) atoms. The average molecular weight is 250 g/mol. The zero-order chi connectivity index (χ0) is 3.58. The van der Waals surface area contributed by atoms with Crippen molar-refractivity contribution in [2.75, 3.05) is 0 Å². The van der Waals surface area contributed by atoms with Crippen LogP contribution >= 0.6 is 0 Å². The van der Waals surface area contributed by atoms with E-state index in [2.05, 4.69) is 0 Å². The SMILES string of the molecule is O.O.O.O.O.O.O.O.O.O.O=C(O)O.[H-].[Li+]. The Hall–Kier alpha value is -0.533. The first kappa shape index (κ1) is 431. The molecule has 0 radical (unpaired) electrons. The van der Waals surface area contributed by atoms with Gasteiger partial charge < -0.3 is 66.4 Å². The Morgan fingerprint density at radius 3 is 0.600 bits per heavy atom. The van der Waals surface area contributed by atoms with Gasteiger partial charge in [0.25, 0.3) is 0 Å². The third-order valence-electron chi connectivity index (χ3n) is 0. The largest absolute Gasteiger partial charge is 1.00 e. The molecule has 0 saturated carbocycles. The van der Waals surface area contributed by atoms with Crippen molar-refractivity contribution < 1.29 is 90.1 Å². The van der Waals surface area contributed by atoms with Crippen LogP contribution in [0.3, 0.4) is 0 Å². The summed E-state index contributed by atoms with van der Waals surface area (Å²) in [5, 5.41) is 13.9. The van der Waals surface area contributed by atoms with Crippen LogP contribution in [0.4, 0.5) is 4.79 Å². The first-order chi connectivity index (χ1) is 1.73. The Bertz CT molecular complexity index is 38.9. The molecule has 0 aromatic rings. The summed E-state index contributed by atoms with van der Waals surface area (Å²) in [5.74, 6) is 0. The number of carboxylic acid groups (broad SMARTS) is 2. The van der Waals surface area contributed by atoms with E-state index in [0.717, 1.165) is 0 Å². The van der Waals surface area contributed by atoms with Crippen molar-refractivity contribution in [1.29, 1.82) is 0 Å². The van der Waals surface area contributed by atoms with Crippen LogP contribution in [0, 0.1) is 0 Å². The number of rotatable bonds is 0. The Kier molecular flexibility index (Phi) is 9880. The van der Waals surface area contributed by atoms with E-state index in [1.807, 2.05) is 0 Å². The van der Waals surface area contributed by atoms with Gasteiger partial charge in [0.2, 0.25) is 0 Å². The molecule has 0 bridgehead atoms. The summed E-state index contributed by atoms with van der Waals surface area (Å²) in [6.45, 7) is 0. The van der Waals surface area contributed by atoms with E-state index in [1.165, 1.54) is 0 Å². The summed E-state index contributed by atoms with van der Waals surface area (Å²) in [4.78, 5) is 8.56. The minimum Gasteiger partial charge on any atom is -1.00 e. The third-order valence-corrected chi connectivity index (χ3v) is 0. The summed E-state index contributed by atoms with van der Waals surface area (Å²) < 4.78 is 0. The first-order valence-corrected chi connectivity index (χ1v) is 0.651. The molecule has 106 valence electrons. The van der Waals surface area contributed by atoms with Gasteiger partial charge in [0.1, 0.15) is 0 Å². The van der Waals surface area contributed by atoms with Crippen LogP contribution in [0.2, 0.25) is 0 Å². The predicted molar refractivity (Wildman–Crippen MR) is 47.9 cm³/mol. The molecule has 0 aromatic heterocycles. The standard InChI is InChI=1S/CH2O3.Li.10H2O.H/c2-1(3)4;;;;;;;;;;;;/h(H2,2,3,4);;10*1H2;/q;+1;;;;;;;;;;;-1. The van der Waals surface area contributed by atoms with Crippen molar-refractivity contribution >= 4 is 6.16 Å². The fourth-order valence-electron chi connectivity index (χ4n) is 0. The second-order valence-electron chi connectivity index (χ2n) is 0.283. The molecule has 0 amide bonds. The number of hydrogen-bond donors (Lipinski definition) is 2. The second-order valence-corrected chi connectivity index (χ2v) is 0.283. The molecule has 0 aliphatic heterocycles. The quantitative estimate of drug-likeness (QED) is 0.395. The molecule has 0 unspecified atom stereocenters. The number of hydrogen-bond acceptors (Lipinski definition) is 1. The minimum absolute atomic E-state index is 0. The van der Waals surface area contributed by atoms with E-state index in [9.17, 15) is 0 Å². The summed E-state index contributed by atoms with van der Waals surface area (Å²) in [6.07, 6.45) is -1.83. The molecule has 0 rings (SSSR count). The molecule has 0 aliphatic rings. The normalized spacial score (nSPS) is 1.60. The van der Waals surface area contributed by atoms with Crippen LogP contribution < -0.4 is 18.9 Å². The maximum absolute atomic E-state index is 8.56. The summed E-state index contributed by atoms with van der Waals surface area (Å²) in [5.41, 5.74) is 0. The van der Waals surface area contributed by atoms with Crippen molar-refractivity contribution in [2.24, 2.45) is 0 Å². The monoisotopic (exact) mass is 250 g/mol. The topological polar surface area (TPSA) is 373 Å². The van der Waals surface area contributed by atoms with Gasteiger partial charge in [-0.15, -0.1) is 0 Å². The Morgan fingerprint density at radius 2 is 0.600 bits per heavy atom. The Balaban J connectivity index is -0.000000000682. The molecule has 0 fully saturated rings. The second kappa shape index (κ2) is 344. The molecular formula is CH23LiO13. The van der Waals surface area contributed by atoms with E-state index < -0.39 is 6.16 Å². The van der Waals surface area contributed by atoms with Crippen molar-refractivity contribution in [3.05, 3.63) is 0 Å². The average Bonchev–Trinajstić information content (AvgIpc) is 0.811. The summed E-state index contributed by atoms with van der Waals surface area (Å²) in [6, 6.07) is 0. The molecule has 0 atom stereocenters. The van der Waals surface area contributed by atoms with Gasteiger partial charge in [0, 0.05) is 0 Å². The maximum atomic E-state index is 8.56. The van der Waals surface area contributed by atoms with Gasteiger partial charge in [-0.05, 0) is 0 Å². The van der Waals surface area contributed by atoms with E-state index in [0.29, 0.717) is 0 Å².